The van der Waals surface area contributed by atoms with Crippen molar-refractivity contribution in [3.8, 4) is 0 Å². The Labute approximate surface area is 94.8 Å². The van der Waals surface area contributed by atoms with Crippen LogP contribution in [0.5, 0.6) is 0 Å². The van der Waals surface area contributed by atoms with Gasteiger partial charge < -0.3 is 10.1 Å². The molecule has 1 heterocycles. The second-order valence-corrected chi connectivity index (χ2v) is 4.67. The molecule has 0 saturated carbocycles. The van der Waals surface area contributed by atoms with Crippen molar-refractivity contribution in [2.24, 2.45) is 5.92 Å². The Kier molecular flexibility index (Phi) is 7.03. The van der Waals surface area contributed by atoms with Crippen LogP contribution in [0.4, 0.5) is 0 Å². The second kappa shape index (κ2) is 8.12. The van der Waals surface area contributed by atoms with Gasteiger partial charge in [0.05, 0.1) is 6.10 Å². The summed E-state index contributed by atoms with van der Waals surface area (Å²) in [4.78, 5) is 0. The van der Waals surface area contributed by atoms with Crippen LogP contribution in [0.3, 0.4) is 0 Å². The van der Waals surface area contributed by atoms with Crippen molar-refractivity contribution in [2.45, 2.75) is 58.5 Å². The molecule has 1 aliphatic rings. The number of ether oxygens (including phenoxy) is 1. The first-order chi connectivity index (χ1) is 7.36. The smallest absolute Gasteiger partial charge is 0.0576 e. The van der Waals surface area contributed by atoms with Gasteiger partial charge in [-0.2, -0.15) is 0 Å². The molecule has 0 aliphatic carbocycles. The lowest BCUT2D eigenvalue weighted by molar-refractivity contribution is 0.0975. The largest absolute Gasteiger partial charge is 0.378 e. The standard InChI is InChI=1S/C13H27NO/c1-3-6-12(11-14-4-2)8-9-13-7-5-10-15-13/h12-14H,3-11H2,1-2H3. The lowest BCUT2D eigenvalue weighted by Gasteiger charge is -2.18. The lowest BCUT2D eigenvalue weighted by atomic mass is 9.95. The molecule has 0 aromatic carbocycles. The van der Waals surface area contributed by atoms with Gasteiger partial charge in [0.2, 0.25) is 0 Å². The zero-order valence-corrected chi connectivity index (χ0v) is 10.4. The van der Waals surface area contributed by atoms with Gasteiger partial charge in [-0.1, -0.05) is 20.3 Å². The molecule has 0 aromatic rings. The van der Waals surface area contributed by atoms with E-state index in [-0.39, 0.29) is 0 Å². The molecule has 90 valence electrons. The molecule has 2 heteroatoms. The summed E-state index contributed by atoms with van der Waals surface area (Å²) < 4.78 is 5.67. The molecule has 0 spiro atoms. The van der Waals surface area contributed by atoms with E-state index in [4.69, 9.17) is 4.74 Å². The summed E-state index contributed by atoms with van der Waals surface area (Å²) in [6.07, 6.45) is 8.42. The Morgan fingerprint density at radius 3 is 2.80 bits per heavy atom. The SMILES string of the molecule is CCCC(CCC1CCCO1)CNCC. The van der Waals surface area contributed by atoms with Gasteiger partial charge in [-0.15, -0.1) is 0 Å². The third-order valence-electron chi connectivity index (χ3n) is 3.30. The van der Waals surface area contributed by atoms with Crippen LogP contribution >= 0.6 is 0 Å². The van der Waals surface area contributed by atoms with Gasteiger partial charge >= 0.3 is 0 Å². The monoisotopic (exact) mass is 213 g/mol. The van der Waals surface area contributed by atoms with Crippen molar-refractivity contribution >= 4 is 0 Å². The highest BCUT2D eigenvalue weighted by atomic mass is 16.5. The Morgan fingerprint density at radius 2 is 2.20 bits per heavy atom. The van der Waals surface area contributed by atoms with Crippen LogP contribution in [0.1, 0.15) is 52.4 Å². The molecule has 15 heavy (non-hydrogen) atoms. The van der Waals surface area contributed by atoms with E-state index in [0.717, 1.165) is 19.1 Å². The number of nitrogens with one attached hydrogen (secondary N) is 1. The van der Waals surface area contributed by atoms with Crippen molar-refractivity contribution in [3.63, 3.8) is 0 Å². The fourth-order valence-corrected chi connectivity index (χ4v) is 2.40. The van der Waals surface area contributed by atoms with E-state index in [2.05, 4.69) is 19.2 Å². The van der Waals surface area contributed by atoms with E-state index in [1.807, 2.05) is 0 Å². The Hall–Kier alpha value is -0.0800. The number of hydrogen-bond donors (Lipinski definition) is 1. The second-order valence-electron chi connectivity index (χ2n) is 4.67. The van der Waals surface area contributed by atoms with E-state index >= 15 is 0 Å². The number of rotatable bonds is 8. The van der Waals surface area contributed by atoms with Crippen molar-refractivity contribution in [2.75, 3.05) is 19.7 Å². The molecular formula is C13H27NO. The van der Waals surface area contributed by atoms with Crippen LogP contribution in [-0.2, 0) is 4.74 Å². The zero-order valence-electron chi connectivity index (χ0n) is 10.4. The maximum Gasteiger partial charge on any atom is 0.0576 e. The molecule has 0 radical (unpaired) electrons. The molecule has 1 fully saturated rings. The predicted molar refractivity (Wildman–Crippen MR) is 65.1 cm³/mol. The highest BCUT2D eigenvalue weighted by Gasteiger charge is 2.17. The molecule has 2 atom stereocenters. The first-order valence-corrected chi connectivity index (χ1v) is 6.69. The molecule has 1 aliphatic heterocycles. The van der Waals surface area contributed by atoms with Crippen LogP contribution in [0.2, 0.25) is 0 Å². The van der Waals surface area contributed by atoms with Crippen molar-refractivity contribution in [3.05, 3.63) is 0 Å². The predicted octanol–water partition coefficient (Wildman–Crippen LogP) is 2.97. The normalized spacial score (nSPS) is 23.2. The summed E-state index contributed by atoms with van der Waals surface area (Å²) in [7, 11) is 0. The van der Waals surface area contributed by atoms with Crippen LogP contribution < -0.4 is 5.32 Å². The van der Waals surface area contributed by atoms with Crippen LogP contribution in [0.25, 0.3) is 0 Å². The molecule has 2 unspecified atom stereocenters. The maximum atomic E-state index is 5.67. The number of hydrogen-bond acceptors (Lipinski definition) is 2. The van der Waals surface area contributed by atoms with E-state index in [1.54, 1.807) is 0 Å². The molecule has 1 saturated heterocycles. The molecule has 0 aromatic heterocycles. The van der Waals surface area contributed by atoms with Crippen LogP contribution in [-0.4, -0.2) is 25.8 Å². The van der Waals surface area contributed by atoms with Crippen molar-refractivity contribution in [1.82, 2.24) is 5.32 Å². The van der Waals surface area contributed by atoms with Crippen molar-refractivity contribution in [1.29, 1.82) is 0 Å². The van der Waals surface area contributed by atoms with E-state index in [9.17, 15) is 0 Å². The lowest BCUT2D eigenvalue weighted by Crippen LogP contribution is -2.23. The summed E-state index contributed by atoms with van der Waals surface area (Å²) in [6, 6.07) is 0. The van der Waals surface area contributed by atoms with Crippen molar-refractivity contribution < 1.29 is 4.74 Å². The maximum absolute atomic E-state index is 5.67. The summed E-state index contributed by atoms with van der Waals surface area (Å²) in [5.41, 5.74) is 0. The minimum absolute atomic E-state index is 0.575. The van der Waals surface area contributed by atoms with E-state index in [1.165, 1.54) is 45.1 Å². The molecule has 0 bridgehead atoms. The first kappa shape index (κ1) is 13.0. The topological polar surface area (TPSA) is 21.3 Å². The third kappa shape index (κ3) is 5.53. The van der Waals surface area contributed by atoms with Gasteiger partial charge in [-0.25, -0.2) is 0 Å². The third-order valence-corrected chi connectivity index (χ3v) is 3.30. The fourth-order valence-electron chi connectivity index (χ4n) is 2.40. The van der Waals surface area contributed by atoms with Gasteiger partial charge in [0.1, 0.15) is 0 Å². The molecular weight excluding hydrogens is 186 g/mol. The Morgan fingerprint density at radius 1 is 1.33 bits per heavy atom. The highest BCUT2D eigenvalue weighted by molar-refractivity contribution is 4.69. The van der Waals surface area contributed by atoms with E-state index < -0.39 is 0 Å². The highest BCUT2D eigenvalue weighted by Crippen LogP contribution is 2.21. The Bertz CT molecular complexity index is 143. The molecule has 0 amide bonds. The summed E-state index contributed by atoms with van der Waals surface area (Å²) in [6.45, 7) is 7.75. The van der Waals surface area contributed by atoms with E-state index in [0.29, 0.717) is 6.10 Å². The fraction of sp³-hybridized carbons (Fsp3) is 1.00. The minimum atomic E-state index is 0.575. The zero-order chi connectivity index (χ0) is 10.9. The van der Waals surface area contributed by atoms with Crippen LogP contribution in [0, 0.1) is 5.92 Å². The average molecular weight is 213 g/mol. The summed E-state index contributed by atoms with van der Waals surface area (Å²) in [5, 5.41) is 3.47. The van der Waals surface area contributed by atoms with Gasteiger partial charge in [-0.3, -0.25) is 0 Å². The quantitative estimate of drug-likeness (QED) is 0.669. The summed E-state index contributed by atoms with van der Waals surface area (Å²) in [5.74, 6) is 0.860. The first-order valence-electron chi connectivity index (χ1n) is 6.69. The van der Waals surface area contributed by atoms with Gasteiger partial charge in [0.15, 0.2) is 0 Å². The minimum Gasteiger partial charge on any atom is -0.378 e. The molecule has 2 nitrogen and oxygen atoms in total. The average Bonchev–Trinajstić information content (AvgIpc) is 2.75. The van der Waals surface area contributed by atoms with Gasteiger partial charge in [0.25, 0.3) is 0 Å². The summed E-state index contributed by atoms with van der Waals surface area (Å²) >= 11 is 0. The molecule has 1 N–H and O–H groups in total. The Balaban J connectivity index is 2.11. The van der Waals surface area contributed by atoms with Gasteiger partial charge in [-0.05, 0) is 51.1 Å². The molecule has 1 rings (SSSR count). The van der Waals surface area contributed by atoms with Crippen LogP contribution in [0.15, 0.2) is 0 Å². The van der Waals surface area contributed by atoms with Gasteiger partial charge in [0, 0.05) is 6.61 Å².